The van der Waals surface area contributed by atoms with E-state index in [4.69, 9.17) is 9.98 Å². The summed E-state index contributed by atoms with van der Waals surface area (Å²) in [7, 11) is 0. The van der Waals surface area contributed by atoms with Gasteiger partial charge in [-0.3, -0.25) is 14.7 Å². The molecule has 170 valence electrons. The molecule has 1 aliphatic heterocycles. The molecule has 0 aliphatic carbocycles. The van der Waals surface area contributed by atoms with Gasteiger partial charge in [0, 0.05) is 56.0 Å². The van der Waals surface area contributed by atoms with Crippen molar-refractivity contribution in [3.63, 3.8) is 0 Å². The van der Waals surface area contributed by atoms with Gasteiger partial charge < -0.3 is 16.0 Å². The Morgan fingerprint density at radius 1 is 1.27 bits per heavy atom. The Morgan fingerprint density at radius 3 is 2.60 bits per heavy atom. The van der Waals surface area contributed by atoms with Crippen molar-refractivity contribution in [2.75, 3.05) is 39.3 Å². The van der Waals surface area contributed by atoms with Crippen molar-refractivity contribution in [2.24, 2.45) is 4.99 Å². The molecule has 1 aromatic rings. The third-order valence-electron chi connectivity index (χ3n) is 5.13. The normalized spacial score (nSPS) is 16.5. The van der Waals surface area contributed by atoms with E-state index >= 15 is 0 Å². The zero-order valence-electron chi connectivity index (χ0n) is 19.4. The number of rotatable bonds is 9. The highest BCUT2D eigenvalue weighted by Gasteiger charge is 2.21. The number of hydrogen-bond donors (Lipinski definition) is 3. The van der Waals surface area contributed by atoms with Crippen LogP contribution in [0.5, 0.6) is 0 Å². The number of piperidine rings is 1. The third kappa shape index (κ3) is 8.60. The van der Waals surface area contributed by atoms with E-state index in [1.54, 1.807) is 11.3 Å². The van der Waals surface area contributed by atoms with Crippen molar-refractivity contribution in [3.8, 4) is 0 Å². The van der Waals surface area contributed by atoms with Crippen LogP contribution in [0.1, 0.15) is 64.6 Å². The van der Waals surface area contributed by atoms with Crippen molar-refractivity contribution in [2.45, 2.75) is 71.8 Å². The molecule has 1 aromatic heterocycles. The minimum absolute atomic E-state index is 0.0973. The van der Waals surface area contributed by atoms with Crippen molar-refractivity contribution >= 4 is 23.2 Å². The Hall–Kier alpha value is -1.67. The number of thiazole rings is 1. The number of carbonyl (C=O) groups excluding carboxylic acids is 1. The van der Waals surface area contributed by atoms with E-state index in [1.165, 1.54) is 0 Å². The Balaban J connectivity index is 1.77. The van der Waals surface area contributed by atoms with E-state index in [-0.39, 0.29) is 11.3 Å². The number of hydrogen-bond acceptors (Lipinski definition) is 5. The highest BCUT2D eigenvalue weighted by Crippen LogP contribution is 2.24. The van der Waals surface area contributed by atoms with Gasteiger partial charge in [0.25, 0.3) is 0 Å². The lowest BCUT2D eigenvalue weighted by molar-refractivity contribution is -0.122. The van der Waals surface area contributed by atoms with Crippen LogP contribution in [-0.2, 0) is 16.6 Å². The maximum absolute atomic E-state index is 11.9. The summed E-state index contributed by atoms with van der Waals surface area (Å²) in [5.74, 6) is 1.01. The molecular weight excluding hydrogens is 396 g/mol. The van der Waals surface area contributed by atoms with Crippen LogP contribution in [0, 0.1) is 0 Å². The number of carbonyl (C=O) groups is 1. The first kappa shape index (κ1) is 24.6. The zero-order valence-corrected chi connectivity index (χ0v) is 20.2. The molecule has 1 fully saturated rings. The predicted octanol–water partition coefficient (Wildman–Crippen LogP) is 2.53. The van der Waals surface area contributed by atoms with Gasteiger partial charge in [-0.1, -0.05) is 27.7 Å². The first-order chi connectivity index (χ1) is 14.3. The second kappa shape index (κ2) is 12.2. The third-order valence-corrected chi connectivity index (χ3v) is 6.04. The molecular formula is C22H40N6OS. The maximum atomic E-state index is 11.9. The summed E-state index contributed by atoms with van der Waals surface area (Å²) in [6.07, 6.45) is 3.88. The lowest BCUT2D eigenvalue weighted by Crippen LogP contribution is -2.50. The number of nitrogens with one attached hydrogen (secondary N) is 3. The summed E-state index contributed by atoms with van der Waals surface area (Å²) >= 11 is 1.73. The van der Waals surface area contributed by atoms with Crippen LogP contribution in [0.4, 0.5) is 0 Å². The highest BCUT2D eigenvalue weighted by atomic mass is 32.1. The van der Waals surface area contributed by atoms with E-state index in [0.29, 0.717) is 12.6 Å². The molecule has 0 spiro atoms. The average Bonchev–Trinajstić information content (AvgIpc) is 3.17. The number of aromatic nitrogens is 1. The van der Waals surface area contributed by atoms with Gasteiger partial charge in [0.15, 0.2) is 5.96 Å². The van der Waals surface area contributed by atoms with Crippen LogP contribution in [0.2, 0.25) is 0 Å². The Labute approximate surface area is 186 Å². The van der Waals surface area contributed by atoms with Crippen LogP contribution in [0.25, 0.3) is 0 Å². The number of guanidine groups is 1. The van der Waals surface area contributed by atoms with Crippen LogP contribution in [-0.4, -0.2) is 67.1 Å². The van der Waals surface area contributed by atoms with Crippen LogP contribution < -0.4 is 16.0 Å². The fraction of sp³-hybridized carbons (Fsp3) is 0.773. The van der Waals surface area contributed by atoms with Gasteiger partial charge in [-0.05, 0) is 26.2 Å². The van der Waals surface area contributed by atoms with Gasteiger partial charge >= 0.3 is 0 Å². The molecule has 2 rings (SSSR count). The van der Waals surface area contributed by atoms with E-state index in [0.717, 1.165) is 75.1 Å². The smallest absolute Gasteiger partial charge is 0.234 e. The van der Waals surface area contributed by atoms with Gasteiger partial charge in [0.05, 0.1) is 17.2 Å². The van der Waals surface area contributed by atoms with Crippen molar-refractivity contribution in [1.29, 1.82) is 0 Å². The molecule has 8 heteroatoms. The first-order valence-electron chi connectivity index (χ1n) is 11.3. The molecule has 0 atom stereocenters. The van der Waals surface area contributed by atoms with Gasteiger partial charge in [0.1, 0.15) is 0 Å². The number of amides is 1. The predicted molar refractivity (Wildman–Crippen MR) is 126 cm³/mol. The molecule has 1 saturated heterocycles. The van der Waals surface area contributed by atoms with Crippen LogP contribution in [0.15, 0.2) is 10.4 Å². The summed E-state index contributed by atoms with van der Waals surface area (Å²) in [6.45, 7) is 15.4. The second-order valence-electron chi connectivity index (χ2n) is 8.93. The van der Waals surface area contributed by atoms with E-state index in [2.05, 4.69) is 60.8 Å². The molecule has 1 aliphatic rings. The topological polar surface area (TPSA) is 81.7 Å². The summed E-state index contributed by atoms with van der Waals surface area (Å²) in [5.41, 5.74) is 1.26. The summed E-state index contributed by atoms with van der Waals surface area (Å²) in [6, 6.07) is 0.394. The Morgan fingerprint density at radius 2 is 2.00 bits per heavy atom. The lowest BCUT2D eigenvalue weighted by atomic mass is 9.93. The van der Waals surface area contributed by atoms with Crippen LogP contribution in [0.3, 0.4) is 0 Å². The summed E-state index contributed by atoms with van der Waals surface area (Å²) in [5, 5.41) is 13.2. The molecule has 0 radical (unpaired) electrons. The fourth-order valence-corrected chi connectivity index (χ4v) is 4.32. The van der Waals surface area contributed by atoms with E-state index in [9.17, 15) is 4.79 Å². The van der Waals surface area contributed by atoms with E-state index in [1.807, 2.05) is 0 Å². The zero-order chi connectivity index (χ0) is 22.0. The molecule has 0 unspecified atom stereocenters. The fourth-order valence-electron chi connectivity index (χ4n) is 3.31. The summed E-state index contributed by atoms with van der Waals surface area (Å²) < 4.78 is 0. The van der Waals surface area contributed by atoms with Gasteiger partial charge in [-0.15, -0.1) is 11.3 Å². The van der Waals surface area contributed by atoms with Crippen molar-refractivity contribution < 1.29 is 4.79 Å². The second-order valence-corrected chi connectivity index (χ2v) is 9.87. The molecule has 0 aromatic carbocycles. The Kier molecular flexibility index (Phi) is 10.0. The number of nitrogens with zero attached hydrogens (tertiary/aromatic N) is 3. The monoisotopic (exact) mass is 436 g/mol. The quantitative estimate of drug-likeness (QED) is 0.409. The first-order valence-corrected chi connectivity index (χ1v) is 12.2. The number of likely N-dealkylation sites (tertiary alicyclic amines) is 1. The molecule has 7 nitrogen and oxygen atoms in total. The Bertz CT molecular complexity index is 673. The molecule has 0 bridgehead atoms. The molecule has 2 heterocycles. The van der Waals surface area contributed by atoms with Crippen molar-refractivity contribution in [3.05, 3.63) is 16.1 Å². The van der Waals surface area contributed by atoms with E-state index < -0.39 is 0 Å². The molecule has 0 saturated carbocycles. The minimum Gasteiger partial charge on any atom is -0.357 e. The largest absolute Gasteiger partial charge is 0.357 e. The standard InChI is InChI=1S/C22H40N6OS/c1-6-11-24-19(29)15-28-13-9-17(10-14-28)26-21(23-7-2)25-12-8-20-27-18(16-30-20)22(3,4)5/h16-17H,6-15H2,1-5H3,(H,24,29)(H2,23,25,26). The van der Waals surface area contributed by atoms with Gasteiger partial charge in [-0.25, -0.2) is 4.98 Å². The summed E-state index contributed by atoms with van der Waals surface area (Å²) in [4.78, 5) is 23.7. The number of aliphatic imine (C=N–C) groups is 1. The minimum atomic E-state index is 0.0973. The maximum Gasteiger partial charge on any atom is 0.234 e. The highest BCUT2D eigenvalue weighted by molar-refractivity contribution is 7.09. The molecule has 30 heavy (non-hydrogen) atoms. The van der Waals surface area contributed by atoms with Crippen LogP contribution >= 0.6 is 11.3 Å². The molecule has 1 amide bonds. The van der Waals surface area contributed by atoms with Crippen molar-refractivity contribution in [1.82, 2.24) is 25.8 Å². The SMILES string of the molecule is CCCNC(=O)CN1CCC(NC(=NCCc2nc(C(C)(C)C)cs2)NCC)CC1. The average molecular weight is 437 g/mol. The van der Waals surface area contributed by atoms with Gasteiger partial charge in [-0.2, -0.15) is 0 Å². The lowest BCUT2D eigenvalue weighted by Gasteiger charge is -2.32. The molecule has 3 N–H and O–H groups in total. The van der Waals surface area contributed by atoms with Gasteiger partial charge in [0.2, 0.25) is 5.91 Å².